The van der Waals surface area contributed by atoms with E-state index < -0.39 is 12.1 Å². The molecule has 0 radical (unpaired) electrons. The summed E-state index contributed by atoms with van der Waals surface area (Å²) in [6.07, 6.45) is 7.12. The lowest BCUT2D eigenvalue weighted by Gasteiger charge is -2.22. The van der Waals surface area contributed by atoms with E-state index >= 15 is 0 Å². The van der Waals surface area contributed by atoms with Crippen LogP contribution in [-0.2, 0) is 14.3 Å². The van der Waals surface area contributed by atoms with E-state index in [0.717, 1.165) is 9.75 Å². The van der Waals surface area contributed by atoms with Crippen LogP contribution >= 0.6 is 22.7 Å². The Morgan fingerprint density at radius 2 is 1.93 bits per heavy atom. The molecule has 0 aliphatic heterocycles. The zero-order valence-corrected chi connectivity index (χ0v) is 17.1. The van der Waals surface area contributed by atoms with Crippen molar-refractivity contribution < 1.29 is 14.3 Å². The van der Waals surface area contributed by atoms with Crippen LogP contribution < -0.4 is 5.32 Å². The number of carbonyl (C=O) groups excluding carboxylic acids is 2. The molecule has 1 saturated carbocycles. The molecule has 0 saturated heterocycles. The van der Waals surface area contributed by atoms with E-state index in [1.165, 1.54) is 43.4 Å². The highest BCUT2D eigenvalue weighted by Gasteiger charge is 2.23. The second-order valence-electron chi connectivity index (χ2n) is 6.85. The fourth-order valence-electron chi connectivity index (χ4n) is 3.24. The zero-order chi connectivity index (χ0) is 19.1. The summed E-state index contributed by atoms with van der Waals surface area (Å²) in [5.74, 6) is -0.146. The maximum Gasteiger partial charge on any atom is 0.340 e. The molecule has 2 aromatic heterocycles. The Kier molecular flexibility index (Phi) is 7.24. The molecule has 4 nitrogen and oxygen atoms in total. The molecule has 0 aromatic carbocycles. The number of esters is 1. The average Bonchev–Trinajstić information content (AvgIpc) is 3.38. The first-order valence-electron chi connectivity index (χ1n) is 9.41. The van der Waals surface area contributed by atoms with Gasteiger partial charge in [0.2, 0.25) is 0 Å². The fourth-order valence-corrected chi connectivity index (χ4v) is 4.62. The minimum Gasteiger partial charge on any atom is -0.449 e. The van der Waals surface area contributed by atoms with Gasteiger partial charge < -0.3 is 10.1 Å². The van der Waals surface area contributed by atoms with Gasteiger partial charge in [-0.3, -0.25) is 4.79 Å². The Morgan fingerprint density at radius 1 is 1.19 bits per heavy atom. The highest BCUT2D eigenvalue weighted by Crippen LogP contribution is 2.26. The van der Waals surface area contributed by atoms with Crippen molar-refractivity contribution in [1.82, 2.24) is 5.32 Å². The molecule has 1 N–H and O–H groups in total. The van der Waals surface area contributed by atoms with E-state index in [0.29, 0.717) is 18.0 Å². The molecule has 2 heterocycles. The summed E-state index contributed by atoms with van der Waals surface area (Å²) >= 11 is 3.04. The molecule has 3 rings (SSSR count). The Bertz CT molecular complexity index is 759. The summed E-state index contributed by atoms with van der Waals surface area (Å²) in [7, 11) is 0. The van der Waals surface area contributed by atoms with Crippen LogP contribution in [-0.4, -0.2) is 24.5 Å². The van der Waals surface area contributed by atoms with Crippen molar-refractivity contribution in [2.75, 3.05) is 6.54 Å². The van der Waals surface area contributed by atoms with E-state index in [1.54, 1.807) is 18.3 Å². The smallest absolute Gasteiger partial charge is 0.340 e. The minimum atomic E-state index is -0.812. The van der Waals surface area contributed by atoms with Crippen LogP contribution in [0.25, 0.3) is 11.6 Å². The number of hydrogen-bond donors (Lipinski definition) is 1. The maximum atomic E-state index is 12.7. The monoisotopic (exact) mass is 403 g/mol. The van der Waals surface area contributed by atoms with Crippen LogP contribution in [0.15, 0.2) is 35.0 Å². The molecule has 1 aliphatic rings. The molecule has 1 atom stereocenters. The van der Waals surface area contributed by atoms with Gasteiger partial charge in [-0.15, -0.1) is 22.7 Å². The number of ether oxygens (including phenoxy) is 1. The van der Waals surface area contributed by atoms with Gasteiger partial charge in [0.05, 0.1) is 5.57 Å². The Hall–Kier alpha value is -1.92. The van der Waals surface area contributed by atoms with E-state index in [2.05, 4.69) is 5.32 Å². The standard InChI is InChI=1S/C21H25NO3S2/c1-15(20(23)22-14-16-7-3-2-4-8-16)25-21(24)18(19-10-6-12-27-19)13-17-9-5-11-26-17/h5-6,9-13,15-16H,2-4,7-8,14H2,1H3,(H,22,23)/b18-13+/t15-/m0/s1. The number of amides is 1. The van der Waals surface area contributed by atoms with Crippen molar-refractivity contribution in [3.8, 4) is 0 Å². The van der Waals surface area contributed by atoms with Gasteiger partial charge in [0.25, 0.3) is 5.91 Å². The summed E-state index contributed by atoms with van der Waals surface area (Å²) < 4.78 is 5.48. The minimum absolute atomic E-state index is 0.226. The van der Waals surface area contributed by atoms with Crippen LogP contribution in [0.2, 0.25) is 0 Å². The summed E-state index contributed by atoms with van der Waals surface area (Å²) in [5.41, 5.74) is 0.486. The number of rotatable bonds is 7. The summed E-state index contributed by atoms with van der Waals surface area (Å²) in [6, 6.07) is 7.68. The topological polar surface area (TPSA) is 55.4 Å². The van der Waals surface area contributed by atoms with Gasteiger partial charge >= 0.3 is 5.97 Å². The van der Waals surface area contributed by atoms with Crippen molar-refractivity contribution in [3.05, 3.63) is 44.8 Å². The first-order valence-corrected chi connectivity index (χ1v) is 11.2. The number of thiophene rings is 2. The molecular weight excluding hydrogens is 378 g/mol. The lowest BCUT2D eigenvalue weighted by molar-refractivity contribution is -0.149. The van der Waals surface area contributed by atoms with Crippen LogP contribution in [0.4, 0.5) is 0 Å². The highest BCUT2D eigenvalue weighted by atomic mass is 32.1. The van der Waals surface area contributed by atoms with Crippen molar-refractivity contribution in [1.29, 1.82) is 0 Å². The largest absolute Gasteiger partial charge is 0.449 e. The predicted octanol–water partition coefficient (Wildman–Crippen LogP) is 4.98. The molecule has 1 amide bonds. The average molecular weight is 404 g/mol. The van der Waals surface area contributed by atoms with Crippen LogP contribution in [0.5, 0.6) is 0 Å². The molecule has 6 heteroatoms. The van der Waals surface area contributed by atoms with Gasteiger partial charge in [-0.05, 0) is 54.7 Å². The number of nitrogens with one attached hydrogen (secondary N) is 1. The first kappa shape index (κ1) is 19.8. The molecule has 0 unspecified atom stereocenters. The third kappa shape index (κ3) is 5.78. The molecule has 0 spiro atoms. The molecule has 27 heavy (non-hydrogen) atoms. The third-order valence-electron chi connectivity index (χ3n) is 4.78. The van der Waals surface area contributed by atoms with E-state index in [1.807, 2.05) is 41.1 Å². The van der Waals surface area contributed by atoms with Crippen LogP contribution in [0, 0.1) is 5.92 Å². The maximum absolute atomic E-state index is 12.7. The van der Waals surface area contributed by atoms with E-state index in [4.69, 9.17) is 4.74 Å². The molecule has 1 fully saturated rings. The normalized spacial score (nSPS) is 16.7. The van der Waals surface area contributed by atoms with Crippen molar-refractivity contribution in [2.24, 2.45) is 5.92 Å². The van der Waals surface area contributed by atoms with Gasteiger partial charge in [0.1, 0.15) is 0 Å². The molecular formula is C21H25NO3S2. The second kappa shape index (κ2) is 9.85. The second-order valence-corrected chi connectivity index (χ2v) is 8.77. The molecule has 2 aromatic rings. The summed E-state index contributed by atoms with van der Waals surface area (Å²) in [6.45, 7) is 2.30. The number of hydrogen-bond acceptors (Lipinski definition) is 5. The van der Waals surface area contributed by atoms with Crippen molar-refractivity contribution in [3.63, 3.8) is 0 Å². The summed E-state index contributed by atoms with van der Waals surface area (Å²) in [5, 5.41) is 6.83. The Balaban J connectivity index is 1.60. The van der Waals surface area contributed by atoms with Crippen LogP contribution in [0.1, 0.15) is 48.8 Å². The Labute approximate surface area is 168 Å². The highest BCUT2D eigenvalue weighted by molar-refractivity contribution is 7.12. The quantitative estimate of drug-likeness (QED) is 0.524. The van der Waals surface area contributed by atoms with Crippen molar-refractivity contribution in [2.45, 2.75) is 45.1 Å². The van der Waals surface area contributed by atoms with Gasteiger partial charge in [-0.1, -0.05) is 31.4 Å². The predicted molar refractivity (Wildman–Crippen MR) is 112 cm³/mol. The van der Waals surface area contributed by atoms with Gasteiger partial charge in [-0.2, -0.15) is 0 Å². The molecule has 1 aliphatic carbocycles. The number of carbonyl (C=O) groups is 2. The van der Waals surface area contributed by atoms with Gasteiger partial charge in [0, 0.05) is 16.3 Å². The first-order chi connectivity index (χ1) is 13.1. The van der Waals surface area contributed by atoms with Gasteiger partial charge in [0.15, 0.2) is 6.10 Å². The zero-order valence-electron chi connectivity index (χ0n) is 15.5. The fraction of sp³-hybridized carbons (Fsp3) is 0.429. The van der Waals surface area contributed by atoms with Crippen LogP contribution in [0.3, 0.4) is 0 Å². The Morgan fingerprint density at radius 3 is 2.59 bits per heavy atom. The van der Waals surface area contributed by atoms with Gasteiger partial charge in [-0.25, -0.2) is 4.79 Å². The lowest BCUT2D eigenvalue weighted by atomic mass is 9.89. The molecule has 144 valence electrons. The van der Waals surface area contributed by atoms with E-state index in [9.17, 15) is 9.59 Å². The third-order valence-corrected chi connectivity index (χ3v) is 6.50. The van der Waals surface area contributed by atoms with E-state index in [-0.39, 0.29) is 5.91 Å². The SMILES string of the molecule is C[C@H](OC(=O)/C(=C/c1cccs1)c1cccs1)C(=O)NCC1CCCCC1. The summed E-state index contributed by atoms with van der Waals surface area (Å²) in [4.78, 5) is 26.9. The molecule has 0 bridgehead atoms. The van der Waals surface area contributed by atoms with Crippen molar-refractivity contribution >= 4 is 46.2 Å². The lowest BCUT2D eigenvalue weighted by Crippen LogP contribution is -2.38.